The van der Waals surface area contributed by atoms with E-state index >= 15 is 0 Å². The zero-order valence-corrected chi connectivity index (χ0v) is 12.6. The number of nitrogens with zero attached hydrogens (tertiary/aromatic N) is 2. The van der Waals surface area contributed by atoms with Crippen molar-refractivity contribution in [2.75, 3.05) is 11.4 Å². The predicted molar refractivity (Wildman–Crippen MR) is 81.5 cm³/mol. The van der Waals surface area contributed by atoms with E-state index < -0.39 is 0 Å². The van der Waals surface area contributed by atoms with Crippen molar-refractivity contribution < 1.29 is 4.79 Å². The van der Waals surface area contributed by atoms with Crippen LogP contribution >= 0.6 is 0 Å². The van der Waals surface area contributed by atoms with Gasteiger partial charge in [-0.15, -0.1) is 0 Å². The van der Waals surface area contributed by atoms with Gasteiger partial charge in [-0.1, -0.05) is 0 Å². The number of hydrogen-bond donors (Lipinski definition) is 0. The first-order valence-electron chi connectivity index (χ1n) is 6.46. The molecule has 0 aliphatic carbocycles. The van der Waals surface area contributed by atoms with Crippen LogP contribution in [0.4, 0.5) is 5.69 Å². The Bertz CT molecular complexity index is 627. The van der Waals surface area contributed by atoms with Crippen molar-refractivity contribution >= 4 is 31.8 Å². The normalized spacial score (nSPS) is 15.0. The fraction of sp³-hybridized carbons (Fsp3) is 0.125. The zero-order chi connectivity index (χ0) is 13.9. The van der Waals surface area contributed by atoms with Gasteiger partial charge in [0, 0.05) is 0 Å². The van der Waals surface area contributed by atoms with Gasteiger partial charge in [0.1, 0.15) is 0 Å². The Morgan fingerprint density at radius 3 is 2.20 bits per heavy atom. The van der Waals surface area contributed by atoms with Crippen molar-refractivity contribution in [2.45, 2.75) is 6.54 Å². The molecule has 0 spiro atoms. The van der Waals surface area contributed by atoms with Crippen LogP contribution in [0, 0.1) is 0 Å². The molecule has 1 saturated heterocycles. The Morgan fingerprint density at radius 1 is 0.950 bits per heavy atom. The first kappa shape index (κ1) is 13.1. The average Bonchev–Trinajstić information content (AvgIpc) is 2.75. The van der Waals surface area contributed by atoms with Crippen LogP contribution < -0.4 is 4.90 Å². The molecule has 1 amide bonds. The van der Waals surface area contributed by atoms with E-state index in [-0.39, 0.29) is 5.91 Å². The number of carbonyl (C=O) groups is 1. The van der Waals surface area contributed by atoms with Gasteiger partial charge < -0.3 is 0 Å². The van der Waals surface area contributed by atoms with Crippen LogP contribution in [-0.4, -0.2) is 37.6 Å². The van der Waals surface area contributed by atoms with Crippen molar-refractivity contribution in [3.05, 3.63) is 66.2 Å². The molecule has 4 heteroatoms. The fourth-order valence-electron chi connectivity index (χ4n) is 2.31. The SMILES string of the molecule is O=C1CN(Cc2ccccc2)C(=[Se])N1c1ccccc1. The zero-order valence-electron chi connectivity index (χ0n) is 10.9. The topological polar surface area (TPSA) is 23.6 Å². The summed E-state index contributed by atoms with van der Waals surface area (Å²) in [6.07, 6.45) is 0. The molecule has 100 valence electrons. The second kappa shape index (κ2) is 5.61. The van der Waals surface area contributed by atoms with Crippen molar-refractivity contribution in [3.8, 4) is 0 Å². The van der Waals surface area contributed by atoms with Crippen LogP contribution in [0.15, 0.2) is 60.7 Å². The van der Waals surface area contributed by atoms with Crippen LogP contribution in [0.2, 0.25) is 0 Å². The molecule has 3 nitrogen and oxygen atoms in total. The number of para-hydroxylation sites is 1. The number of hydrogen-bond acceptors (Lipinski definition) is 2. The van der Waals surface area contributed by atoms with E-state index in [0.717, 1.165) is 16.9 Å². The molecule has 3 rings (SSSR count). The molecule has 0 radical (unpaired) electrons. The molecule has 0 unspecified atom stereocenters. The molecular weight excluding hydrogens is 315 g/mol. The minimum atomic E-state index is 0.0980. The molecule has 1 heterocycles. The van der Waals surface area contributed by atoms with Gasteiger partial charge in [-0.3, -0.25) is 0 Å². The van der Waals surface area contributed by atoms with Crippen LogP contribution in [0.1, 0.15) is 5.56 Å². The molecular formula is C16H14N2OSe. The molecule has 1 aliphatic rings. The van der Waals surface area contributed by atoms with E-state index in [1.807, 2.05) is 48.5 Å². The maximum atomic E-state index is 12.2. The fourth-order valence-corrected chi connectivity index (χ4v) is 3.01. The summed E-state index contributed by atoms with van der Waals surface area (Å²) >= 11 is 3.04. The maximum absolute atomic E-state index is 12.2. The third-order valence-electron chi connectivity index (χ3n) is 3.27. The molecule has 1 fully saturated rings. The first-order chi connectivity index (χ1) is 9.75. The molecule has 0 aromatic heterocycles. The van der Waals surface area contributed by atoms with Gasteiger partial charge in [0.25, 0.3) is 0 Å². The van der Waals surface area contributed by atoms with E-state index in [1.54, 1.807) is 4.90 Å². The molecule has 2 aromatic carbocycles. The molecule has 2 aromatic rings. The molecule has 1 aliphatic heterocycles. The summed E-state index contributed by atoms with van der Waals surface area (Å²) in [4.78, 5) is 16.0. The number of amides is 1. The van der Waals surface area contributed by atoms with E-state index in [9.17, 15) is 4.79 Å². The van der Waals surface area contributed by atoms with E-state index in [0.29, 0.717) is 6.54 Å². The summed E-state index contributed by atoms with van der Waals surface area (Å²) in [5.74, 6) is 0.0980. The number of benzene rings is 2. The van der Waals surface area contributed by atoms with Crippen molar-refractivity contribution in [2.24, 2.45) is 0 Å². The summed E-state index contributed by atoms with van der Waals surface area (Å²) < 4.78 is 0.866. The quantitative estimate of drug-likeness (QED) is 0.802. The van der Waals surface area contributed by atoms with Crippen LogP contribution in [0.25, 0.3) is 0 Å². The van der Waals surface area contributed by atoms with E-state index in [1.165, 1.54) is 5.56 Å². The molecule has 20 heavy (non-hydrogen) atoms. The summed E-state index contributed by atoms with van der Waals surface area (Å²) in [6.45, 7) is 1.14. The van der Waals surface area contributed by atoms with Gasteiger partial charge in [0.2, 0.25) is 0 Å². The van der Waals surface area contributed by atoms with Crippen molar-refractivity contribution in [3.63, 3.8) is 0 Å². The van der Waals surface area contributed by atoms with Gasteiger partial charge in [0.05, 0.1) is 0 Å². The van der Waals surface area contributed by atoms with Gasteiger partial charge in [0.15, 0.2) is 0 Å². The summed E-state index contributed by atoms with van der Waals surface area (Å²) in [5.41, 5.74) is 2.10. The summed E-state index contributed by atoms with van der Waals surface area (Å²) in [5, 5.41) is 0. The van der Waals surface area contributed by atoms with Gasteiger partial charge in [-0.25, -0.2) is 0 Å². The van der Waals surface area contributed by atoms with Crippen molar-refractivity contribution in [1.29, 1.82) is 0 Å². The Labute approximate surface area is 126 Å². The predicted octanol–water partition coefficient (Wildman–Crippen LogP) is 1.79. The van der Waals surface area contributed by atoms with Gasteiger partial charge in [-0.05, 0) is 0 Å². The van der Waals surface area contributed by atoms with E-state index in [4.69, 9.17) is 0 Å². The monoisotopic (exact) mass is 330 g/mol. The second-order valence-corrected chi connectivity index (χ2v) is 5.46. The molecule has 0 saturated carbocycles. The minimum absolute atomic E-state index is 0.0980. The van der Waals surface area contributed by atoms with Crippen molar-refractivity contribution in [1.82, 2.24) is 4.90 Å². The van der Waals surface area contributed by atoms with Gasteiger partial charge >= 0.3 is 126 Å². The Kier molecular flexibility index (Phi) is 3.68. The Morgan fingerprint density at radius 2 is 1.55 bits per heavy atom. The Balaban J connectivity index is 1.81. The standard InChI is InChI=1S/C16H14N2OSe/c19-15-12-17(11-13-7-3-1-4-8-13)16(20)18(15)14-9-5-2-6-10-14/h1-10H,11-12H2. The Hall–Kier alpha value is -1.90. The molecule has 0 bridgehead atoms. The average molecular weight is 329 g/mol. The number of rotatable bonds is 3. The number of anilines is 1. The van der Waals surface area contributed by atoms with E-state index in [2.05, 4.69) is 32.6 Å². The summed E-state index contributed by atoms with van der Waals surface area (Å²) in [7, 11) is 0. The third kappa shape index (κ3) is 2.53. The molecule has 0 atom stereocenters. The van der Waals surface area contributed by atoms with Crippen LogP contribution in [-0.2, 0) is 11.3 Å². The first-order valence-corrected chi connectivity index (χ1v) is 7.32. The second-order valence-electron chi connectivity index (χ2n) is 4.69. The van der Waals surface area contributed by atoms with Crippen LogP contribution in [0.5, 0.6) is 0 Å². The van der Waals surface area contributed by atoms with Gasteiger partial charge in [-0.2, -0.15) is 0 Å². The molecule has 0 N–H and O–H groups in total. The summed E-state index contributed by atoms with van der Waals surface area (Å²) in [6, 6.07) is 19.9. The third-order valence-corrected chi connectivity index (χ3v) is 4.19. The van der Waals surface area contributed by atoms with Crippen LogP contribution in [0.3, 0.4) is 0 Å². The number of carbonyl (C=O) groups excluding carboxylic acids is 1.